The molecule has 0 bridgehead atoms. The van der Waals surface area contributed by atoms with Gasteiger partial charge in [-0.1, -0.05) is 33.8 Å². The van der Waals surface area contributed by atoms with Gasteiger partial charge in [0.05, 0.1) is 29.9 Å². The van der Waals surface area contributed by atoms with Crippen LogP contribution >= 0.6 is 9.12 Å². The fourth-order valence-electron chi connectivity index (χ4n) is 2.40. The summed E-state index contributed by atoms with van der Waals surface area (Å²) in [5, 5.41) is 0. The molecule has 2 unspecified atom stereocenters. The molecule has 0 aromatic heterocycles. The number of esters is 1. The maximum atomic E-state index is 13.1. The Morgan fingerprint density at radius 1 is 0.962 bits per heavy atom. The van der Waals surface area contributed by atoms with Gasteiger partial charge in [-0.15, -0.1) is 0 Å². The Morgan fingerprint density at radius 2 is 1.46 bits per heavy atom. The lowest BCUT2D eigenvalue weighted by atomic mass is 9.89. The van der Waals surface area contributed by atoms with Crippen LogP contribution in [0.15, 0.2) is 18.2 Å². The van der Waals surface area contributed by atoms with E-state index in [1.165, 1.54) is 14.2 Å². The molecule has 0 fully saturated rings. The molecule has 0 aliphatic rings. The minimum atomic E-state index is -0.867. The summed E-state index contributed by atoms with van der Waals surface area (Å²) in [5.41, 5.74) is 0.287. The number of Topliss-reactive ketones (excluding diaryl/α,β-unsaturated/α-hetero) is 1. The molecule has 7 heteroatoms. The van der Waals surface area contributed by atoms with Gasteiger partial charge in [0.2, 0.25) is 0 Å². The van der Waals surface area contributed by atoms with Crippen LogP contribution in [0.2, 0.25) is 0 Å². The van der Waals surface area contributed by atoms with Crippen molar-refractivity contribution in [2.24, 2.45) is 17.8 Å². The molecule has 148 valence electrons. The molecule has 0 aliphatic heterocycles. The first kappa shape index (κ1) is 24.2. The molecule has 0 saturated heterocycles. The smallest absolute Gasteiger partial charge is 0.316 e. The van der Waals surface area contributed by atoms with Crippen molar-refractivity contribution in [2.45, 2.75) is 34.1 Å². The molecule has 1 aromatic carbocycles. The lowest BCUT2D eigenvalue weighted by Crippen LogP contribution is -2.29. The number of hydrogen-bond donors (Lipinski definition) is 0. The summed E-state index contributed by atoms with van der Waals surface area (Å²) in [6.45, 7) is 8.14. The second-order valence-corrected chi connectivity index (χ2v) is 6.61. The van der Waals surface area contributed by atoms with Gasteiger partial charge in [0.15, 0.2) is 5.78 Å². The van der Waals surface area contributed by atoms with Crippen LogP contribution in [0.3, 0.4) is 0 Å². The van der Waals surface area contributed by atoms with Crippen LogP contribution in [-0.2, 0) is 14.1 Å². The van der Waals surface area contributed by atoms with Crippen molar-refractivity contribution in [1.82, 2.24) is 0 Å². The van der Waals surface area contributed by atoms with E-state index in [0.717, 1.165) is 0 Å². The molecular formula is C19H31O6P. The van der Waals surface area contributed by atoms with Crippen molar-refractivity contribution in [1.29, 1.82) is 0 Å². The summed E-state index contributed by atoms with van der Waals surface area (Å²) in [5.74, 6) is -0.513. The summed E-state index contributed by atoms with van der Waals surface area (Å²) in [6.07, 6.45) is 0.414. The first-order chi connectivity index (χ1) is 12.3. The highest BCUT2D eigenvalue weighted by Crippen LogP contribution is 2.32. The average molecular weight is 386 g/mol. The highest BCUT2D eigenvalue weighted by atomic mass is 31.0. The maximum Gasteiger partial charge on any atom is 0.316 e. The van der Waals surface area contributed by atoms with Gasteiger partial charge in [0.25, 0.3) is 0 Å². The molecule has 0 radical (unpaired) electrons. The second-order valence-electron chi connectivity index (χ2n) is 6.61. The van der Waals surface area contributed by atoms with Crippen molar-refractivity contribution in [3.05, 3.63) is 23.8 Å². The summed E-state index contributed by atoms with van der Waals surface area (Å²) >= 11 is 0. The minimum absolute atomic E-state index is 0.172. The number of ether oxygens (including phenoxy) is 3. The Bertz CT molecular complexity index is 563. The quantitative estimate of drug-likeness (QED) is 0.279. The standard InChI is InChI=1S/C19H28O5.H3OP/c1-12(2)10-14(19(21)24-11-13(3)4)18(20)17-15(22-5)8-7-9-16(17)23-6;1-2/h7-9,12-14H,10-11H2,1-6H3;2H3. The molecule has 0 spiro atoms. The first-order valence-electron chi connectivity index (χ1n) is 8.52. The summed E-state index contributed by atoms with van der Waals surface area (Å²) in [6, 6.07) is 5.10. The third-order valence-corrected chi connectivity index (χ3v) is 3.54. The van der Waals surface area contributed by atoms with E-state index in [4.69, 9.17) is 18.8 Å². The third-order valence-electron chi connectivity index (χ3n) is 3.54. The largest absolute Gasteiger partial charge is 0.496 e. The third kappa shape index (κ3) is 7.20. The van der Waals surface area contributed by atoms with Crippen LogP contribution in [0.1, 0.15) is 44.5 Å². The van der Waals surface area contributed by atoms with Crippen LogP contribution in [0.25, 0.3) is 0 Å². The van der Waals surface area contributed by atoms with Crippen molar-refractivity contribution < 1.29 is 28.4 Å². The summed E-state index contributed by atoms with van der Waals surface area (Å²) in [4.78, 5) is 25.5. The van der Waals surface area contributed by atoms with E-state index in [9.17, 15) is 9.59 Å². The number of ketones is 1. The molecule has 1 aromatic rings. The fourth-order valence-corrected chi connectivity index (χ4v) is 2.40. The van der Waals surface area contributed by atoms with Crippen molar-refractivity contribution in [3.63, 3.8) is 0 Å². The van der Waals surface area contributed by atoms with Crippen LogP contribution in [0.4, 0.5) is 0 Å². The Morgan fingerprint density at radius 3 is 1.85 bits per heavy atom. The highest BCUT2D eigenvalue weighted by Gasteiger charge is 2.33. The van der Waals surface area contributed by atoms with Gasteiger partial charge in [-0.2, -0.15) is 0 Å². The molecule has 0 amide bonds. The molecule has 6 nitrogen and oxygen atoms in total. The Balaban J connectivity index is 0.00000301. The number of hydrogen-bond acceptors (Lipinski definition) is 6. The molecule has 0 aliphatic carbocycles. The zero-order chi connectivity index (χ0) is 20.3. The molecular weight excluding hydrogens is 355 g/mol. The van der Waals surface area contributed by atoms with E-state index in [-0.39, 0.29) is 23.2 Å². The van der Waals surface area contributed by atoms with E-state index in [1.54, 1.807) is 18.2 Å². The SMILES string of the molecule is COc1cccc(OC)c1C(=O)C(CC(C)C)C(=O)OCC(C)C.O=[PH3]. The van der Waals surface area contributed by atoms with Gasteiger partial charge in [-0.05, 0) is 30.4 Å². The Kier molecular flexibility index (Phi) is 11.7. The summed E-state index contributed by atoms with van der Waals surface area (Å²) in [7, 11) is 3.58. The fraction of sp³-hybridized carbons (Fsp3) is 0.579. The number of carbonyl (C=O) groups excluding carboxylic acids is 2. The van der Waals surface area contributed by atoms with E-state index in [2.05, 4.69) is 0 Å². The van der Waals surface area contributed by atoms with E-state index < -0.39 is 11.9 Å². The van der Waals surface area contributed by atoms with Gasteiger partial charge in [-0.25, -0.2) is 0 Å². The zero-order valence-electron chi connectivity index (χ0n) is 16.5. The molecule has 0 heterocycles. The lowest BCUT2D eigenvalue weighted by Gasteiger charge is -2.20. The van der Waals surface area contributed by atoms with E-state index in [0.29, 0.717) is 33.6 Å². The van der Waals surface area contributed by atoms with Crippen LogP contribution < -0.4 is 9.47 Å². The van der Waals surface area contributed by atoms with Gasteiger partial charge in [0.1, 0.15) is 23.0 Å². The molecule has 0 N–H and O–H groups in total. The van der Waals surface area contributed by atoms with E-state index in [1.807, 2.05) is 27.7 Å². The zero-order valence-corrected chi connectivity index (χ0v) is 17.9. The highest BCUT2D eigenvalue weighted by molar-refractivity contribution is 7.00. The van der Waals surface area contributed by atoms with Crippen molar-refractivity contribution >= 4 is 20.9 Å². The Hall–Kier alpha value is -1.81. The normalized spacial score (nSPS) is 11.5. The monoisotopic (exact) mass is 386 g/mol. The molecule has 0 saturated carbocycles. The summed E-state index contributed by atoms with van der Waals surface area (Å²) < 4.78 is 24.2. The van der Waals surface area contributed by atoms with Crippen LogP contribution in [-0.4, -0.2) is 32.6 Å². The van der Waals surface area contributed by atoms with Crippen molar-refractivity contribution in [3.8, 4) is 11.5 Å². The van der Waals surface area contributed by atoms with Gasteiger partial charge < -0.3 is 18.8 Å². The minimum Gasteiger partial charge on any atom is -0.496 e. The topological polar surface area (TPSA) is 78.9 Å². The second kappa shape index (κ2) is 12.5. The first-order valence-corrected chi connectivity index (χ1v) is 9.10. The van der Waals surface area contributed by atoms with Gasteiger partial charge in [-0.3, -0.25) is 9.59 Å². The lowest BCUT2D eigenvalue weighted by molar-refractivity contribution is -0.148. The maximum absolute atomic E-state index is 13.1. The number of methoxy groups -OCH3 is 2. The number of benzene rings is 1. The molecule has 2 atom stereocenters. The van der Waals surface area contributed by atoms with Gasteiger partial charge in [0, 0.05) is 0 Å². The average Bonchev–Trinajstić information content (AvgIpc) is 2.64. The van der Waals surface area contributed by atoms with E-state index >= 15 is 0 Å². The Labute approximate surface area is 157 Å². The van der Waals surface area contributed by atoms with Crippen LogP contribution in [0.5, 0.6) is 11.5 Å². The number of rotatable bonds is 9. The van der Waals surface area contributed by atoms with Gasteiger partial charge >= 0.3 is 5.97 Å². The molecule has 1 rings (SSSR count). The predicted molar refractivity (Wildman–Crippen MR) is 104 cm³/mol. The van der Waals surface area contributed by atoms with Crippen LogP contribution in [0, 0.1) is 17.8 Å². The molecule has 26 heavy (non-hydrogen) atoms. The predicted octanol–water partition coefficient (Wildman–Crippen LogP) is 3.69. The van der Waals surface area contributed by atoms with Crippen molar-refractivity contribution in [2.75, 3.05) is 20.8 Å². The number of carbonyl (C=O) groups is 2.